The first-order valence-corrected chi connectivity index (χ1v) is 5.96. The minimum atomic E-state index is -1.42. The molecule has 0 aliphatic carbocycles. The number of hydrogen-bond donors (Lipinski definition) is 1. The Morgan fingerprint density at radius 1 is 1.42 bits per heavy atom. The molecule has 19 heavy (non-hydrogen) atoms. The molecule has 0 unspecified atom stereocenters. The largest absolute Gasteiger partial charge is 0.476 e. The molecular formula is C11H8BrN3O4. The second-order valence-electron chi connectivity index (χ2n) is 3.75. The van der Waals surface area contributed by atoms with Crippen molar-refractivity contribution in [2.24, 2.45) is 0 Å². The van der Waals surface area contributed by atoms with Gasteiger partial charge in [0.15, 0.2) is 0 Å². The van der Waals surface area contributed by atoms with Gasteiger partial charge in [-0.05, 0) is 17.7 Å². The van der Waals surface area contributed by atoms with Crippen molar-refractivity contribution in [3.8, 4) is 0 Å². The number of carbonyl (C=O) groups is 1. The molecule has 8 heteroatoms. The molecule has 2 rings (SSSR count). The third-order valence-corrected chi connectivity index (χ3v) is 2.93. The number of carboxylic acids is 1. The summed E-state index contributed by atoms with van der Waals surface area (Å²) in [6.45, 7) is 0.265. The average Bonchev–Trinajstić information content (AvgIpc) is 2.76. The fraction of sp³-hybridized carbons (Fsp3) is 0.0909. The summed E-state index contributed by atoms with van der Waals surface area (Å²) in [5, 5.41) is 23.3. The Hall–Kier alpha value is -2.22. The number of nitro groups is 1. The summed E-state index contributed by atoms with van der Waals surface area (Å²) in [7, 11) is 0. The number of benzene rings is 1. The standard InChI is InChI=1S/C11H8BrN3O4/c12-8-3-1-7(2-4-8)5-14-6-9(15(18)19)10(13-14)11(16)17/h1-4,6H,5H2,(H,16,17). The molecule has 1 aromatic carbocycles. The van der Waals surface area contributed by atoms with Crippen LogP contribution in [-0.2, 0) is 6.54 Å². The van der Waals surface area contributed by atoms with E-state index in [0.29, 0.717) is 0 Å². The third-order valence-electron chi connectivity index (χ3n) is 2.40. The smallest absolute Gasteiger partial charge is 0.363 e. The van der Waals surface area contributed by atoms with E-state index in [9.17, 15) is 14.9 Å². The van der Waals surface area contributed by atoms with Gasteiger partial charge in [0.05, 0.1) is 11.5 Å². The maximum absolute atomic E-state index is 10.9. The molecule has 98 valence electrons. The molecule has 0 atom stereocenters. The van der Waals surface area contributed by atoms with Gasteiger partial charge in [-0.25, -0.2) is 4.79 Å². The van der Waals surface area contributed by atoms with Crippen molar-refractivity contribution < 1.29 is 14.8 Å². The van der Waals surface area contributed by atoms with Crippen molar-refractivity contribution in [1.82, 2.24) is 9.78 Å². The molecule has 0 saturated heterocycles. The van der Waals surface area contributed by atoms with Gasteiger partial charge < -0.3 is 5.11 Å². The lowest BCUT2D eigenvalue weighted by atomic mass is 10.2. The second kappa shape index (κ2) is 5.19. The van der Waals surface area contributed by atoms with Gasteiger partial charge in [-0.3, -0.25) is 14.8 Å². The highest BCUT2D eigenvalue weighted by Crippen LogP contribution is 2.18. The van der Waals surface area contributed by atoms with Gasteiger partial charge >= 0.3 is 11.7 Å². The highest BCUT2D eigenvalue weighted by Gasteiger charge is 2.25. The van der Waals surface area contributed by atoms with Crippen molar-refractivity contribution in [2.75, 3.05) is 0 Å². The van der Waals surface area contributed by atoms with Gasteiger partial charge in [0.25, 0.3) is 0 Å². The molecule has 0 aliphatic heterocycles. The van der Waals surface area contributed by atoms with Crippen LogP contribution in [-0.4, -0.2) is 25.8 Å². The van der Waals surface area contributed by atoms with Crippen LogP contribution in [0.1, 0.15) is 16.1 Å². The summed E-state index contributed by atoms with van der Waals surface area (Å²) in [5.41, 5.74) is -0.204. The summed E-state index contributed by atoms with van der Waals surface area (Å²) in [4.78, 5) is 20.8. The zero-order chi connectivity index (χ0) is 14.0. The van der Waals surface area contributed by atoms with Crippen LogP contribution in [0, 0.1) is 10.1 Å². The molecule has 2 aromatic rings. The maximum Gasteiger partial charge on any atom is 0.363 e. The normalized spacial score (nSPS) is 10.4. The molecular weight excluding hydrogens is 318 g/mol. The highest BCUT2D eigenvalue weighted by atomic mass is 79.9. The summed E-state index contributed by atoms with van der Waals surface area (Å²) in [6.07, 6.45) is 1.12. The maximum atomic E-state index is 10.9. The molecule has 0 saturated carbocycles. The van der Waals surface area contributed by atoms with E-state index in [1.165, 1.54) is 4.68 Å². The van der Waals surface area contributed by atoms with Crippen LogP contribution in [0.25, 0.3) is 0 Å². The third kappa shape index (κ3) is 2.97. The fourth-order valence-corrected chi connectivity index (χ4v) is 1.82. The van der Waals surface area contributed by atoms with Gasteiger partial charge in [-0.1, -0.05) is 28.1 Å². The molecule has 0 radical (unpaired) electrons. The number of nitrogens with zero attached hydrogens (tertiary/aromatic N) is 3. The van der Waals surface area contributed by atoms with Gasteiger partial charge in [-0.2, -0.15) is 5.10 Å². The number of carboxylic acid groups (broad SMARTS) is 1. The van der Waals surface area contributed by atoms with Gasteiger partial charge in [-0.15, -0.1) is 0 Å². The van der Waals surface area contributed by atoms with Crippen LogP contribution in [0.15, 0.2) is 34.9 Å². The van der Waals surface area contributed by atoms with Crippen LogP contribution in [0.2, 0.25) is 0 Å². The number of halogens is 1. The topological polar surface area (TPSA) is 98.3 Å². The Labute approximate surface area is 115 Å². The van der Waals surface area contributed by atoms with E-state index in [1.807, 2.05) is 24.3 Å². The van der Waals surface area contributed by atoms with Crippen molar-refractivity contribution in [3.05, 3.63) is 56.3 Å². The van der Waals surface area contributed by atoms with Gasteiger partial charge in [0, 0.05) is 4.47 Å². The van der Waals surface area contributed by atoms with Gasteiger partial charge in [0.2, 0.25) is 5.69 Å². The summed E-state index contributed by atoms with van der Waals surface area (Å²) >= 11 is 3.30. The molecule has 0 spiro atoms. The van der Waals surface area contributed by atoms with Crippen LogP contribution >= 0.6 is 15.9 Å². The van der Waals surface area contributed by atoms with Crippen LogP contribution in [0.3, 0.4) is 0 Å². The molecule has 0 aliphatic rings. The lowest BCUT2D eigenvalue weighted by Crippen LogP contribution is -2.04. The fourth-order valence-electron chi connectivity index (χ4n) is 1.55. The summed E-state index contributed by atoms with van der Waals surface area (Å²) < 4.78 is 2.15. The average molecular weight is 326 g/mol. The Bertz CT molecular complexity index is 604. The first-order chi connectivity index (χ1) is 8.97. The zero-order valence-electron chi connectivity index (χ0n) is 9.49. The van der Waals surface area contributed by atoms with Crippen LogP contribution < -0.4 is 0 Å². The molecule has 1 heterocycles. The predicted molar refractivity (Wildman–Crippen MR) is 69.1 cm³/mol. The molecule has 1 aromatic heterocycles. The van der Waals surface area contributed by atoms with Crippen molar-refractivity contribution in [3.63, 3.8) is 0 Å². The molecule has 1 N–H and O–H groups in total. The van der Waals surface area contributed by atoms with Gasteiger partial charge in [0.1, 0.15) is 6.20 Å². The van der Waals surface area contributed by atoms with E-state index in [0.717, 1.165) is 16.2 Å². The zero-order valence-corrected chi connectivity index (χ0v) is 11.1. The first-order valence-electron chi connectivity index (χ1n) is 5.17. The van der Waals surface area contributed by atoms with Crippen molar-refractivity contribution in [1.29, 1.82) is 0 Å². The Kier molecular flexibility index (Phi) is 3.61. The van der Waals surface area contributed by atoms with Crippen LogP contribution in [0.5, 0.6) is 0 Å². The monoisotopic (exact) mass is 325 g/mol. The van der Waals surface area contributed by atoms with Crippen LogP contribution in [0.4, 0.5) is 5.69 Å². The summed E-state index contributed by atoms with van der Waals surface area (Å²) in [5.74, 6) is -1.42. The number of aromatic nitrogens is 2. The Balaban J connectivity index is 2.31. The molecule has 0 bridgehead atoms. The van der Waals surface area contributed by atoms with E-state index in [1.54, 1.807) is 0 Å². The quantitative estimate of drug-likeness (QED) is 0.687. The number of hydrogen-bond acceptors (Lipinski definition) is 4. The van der Waals surface area contributed by atoms with E-state index >= 15 is 0 Å². The Morgan fingerprint density at radius 3 is 2.53 bits per heavy atom. The molecule has 0 amide bonds. The second-order valence-corrected chi connectivity index (χ2v) is 4.66. The predicted octanol–water partition coefficient (Wildman–Crippen LogP) is 2.30. The number of rotatable bonds is 4. The minimum Gasteiger partial charge on any atom is -0.476 e. The lowest BCUT2D eigenvalue weighted by molar-refractivity contribution is -0.385. The minimum absolute atomic E-state index is 0.265. The van der Waals surface area contributed by atoms with E-state index in [-0.39, 0.29) is 6.54 Å². The SMILES string of the molecule is O=C(O)c1nn(Cc2ccc(Br)cc2)cc1[N+](=O)[O-]. The Morgan fingerprint density at radius 2 is 2.05 bits per heavy atom. The number of aromatic carboxylic acids is 1. The molecule has 7 nitrogen and oxygen atoms in total. The first kappa shape index (κ1) is 13.2. The van der Waals surface area contributed by atoms with Crippen molar-refractivity contribution in [2.45, 2.75) is 6.54 Å². The molecule has 0 fully saturated rings. The van der Waals surface area contributed by atoms with E-state index < -0.39 is 22.3 Å². The van der Waals surface area contributed by atoms with E-state index in [4.69, 9.17) is 5.11 Å². The lowest BCUT2D eigenvalue weighted by Gasteiger charge is -2.00. The van der Waals surface area contributed by atoms with E-state index in [2.05, 4.69) is 21.0 Å². The highest BCUT2D eigenvalue weighted by molar-refractivity contribution is 9.10. The van der Waals surface area contributed by atoms with Crippen molar-refractivity contribution >= 4 is 27.6 Å². The summed E-state index contributed by atoms with van der Waals surface area (Å²) in [6, 6.07) is 7.28.